The lowest BCUT2D eigenvalue weighted by Gasteiger charge is -2.18. The van der Waals surface area contributed by atoms with E-state index in [-0.39, 0.29) is 5.91 Å². The number of amides is 1. The first-order valence-electron chi connectivity index (χ1n) is 8.96. The highest BCUT2D eigenvalue weighted by atomic mass is 32.1. The summed E-state index contributed by atoms with van der Waals surface area (Å²) in [5.74, 6) is 0.138. The van der Waals surface area contributed by atoms with Crippen LogP contribution in [0.5, 0.6) is 5.75 Å². The van der Waals surface area contributed by atoms with Crippen LogP contribution in [0.4, 0.5) is 0 Å². The summed E-state index contributed by atoms with van der Waals surface area (Å²) in [6, 6.07) is 9.74. The molecule has 3 rings (SSSR count). The monoisotopic (exact) mass is 397 g/mol. The van der Waals surface area contributed by atoms with Crippen LogP contribution in [0.2, 0.25) is 0 Å². The molecule has 0 aliphatic carbocycles. The molecule has 0 atom stereocenters. The molecule has 1 aliphatic heterocycles. The molecule has 0 saturated carbocycles. The van der Waals surface area contributed by atoms with Gasteiger partial charge in [0.2, 0.25) is 0 Å². The predicted octanol–water partition coefficient (Wildman–Crippen LogP) is 3.98. The fourth-order valence-electron chi connectivity index (χ4n) is 3.19. The second-order valence-corrected chi connectivity index (χ2v) is 7.48. The Kier molecular flexibility index (Phi) is 5.99. The van der Waals surface area contributed by atoms with Crippen molar-refractivity contribution in [2.45, 2.75) is 20.3 Å². The summed E-state index contributed by atoms with van der Waals surface area (Å²) < 4.78 is 10.1. The molecule has 0 radical (unpaired) electrons. The summed E-state index contributed by atoms with van der Waals surface area (Å²) in [6.45, 7) is 4.26. The van der Waals surface area contributed by atoms with E-state index >= 15 is 0 Å². The number of carbonyl (C=O) groups excluding carboxylic acids is 2. The summed E-state index contributed by atoms with van der Waals surface area (Å²) in [7, 11) is 2.96. The predicted molar refractivity (Wildman–Crippen MR) is 110 cm³/mol. The highest BCUT2D eigenvalue weighted by Gasteiger charge is 2.36. The molecule has 1 aliphatic rings. The average molecular weight is 397 g/mol. The lowest BCUT2D eigenvalue weighted by molar-refractivity contribution is -0.136. The van der Waals surface area contributed by atoms with Crippen LogP contribution in [-0.2, 0) is 20.7 Å². The van der Waals surface area contributed by atoms with Gasteiger partial charge in [0.1, 0.15) is 5.75 Å². The van der Waals surface area contributed by atoms with Gasteiger partial charge in [0.15, 0.2) is 0 Å². The minimum atomic E-state index is -0.488. The van der Waals surface area contributed by atoms with Crippen LogP contribution < -0.4 is 4.74 Å². The van der Waals surface area contributed by atoms with E-state index in [2.05, 4.69) is 0 Å². The fraction of sp³-hybridized carbons (Fsp3) is 0.273. The van der Waals surface area contributed by atoms with Crippen LogP contribution in [-0.4, -0.2) is 37.5 Å². The van der Waals surface area contributed by atoms with Gasteiger partial charge >= 0.3 is 5.97 Å². The molecule has 1 amide bonds. The van der Waals surface area contributed by atoms with Gasteiger partial charge in [-0.05, 0) is 61.1 Å². The Labute approximate surface area is 168 Å². The summed E-state index contributed by atoms with van der Waals surface area (Å²) in [6.07, 6.45) is 2.47. The van der Waals surface area contributed by atoms with Crippen molar-refractivity contribution in [2.24, 2.45) is 0 Å². The molecule has 6 heteroatoms. The van der Waals surface area contributed by atoms with Gasteiger partial charge in [-0.1, -0.05) is 12.1 Å². The molecular weight excluding hydrogens is 374 g/mol. The van der Waals surface area contributed by atoms with Crippen LogP contribution in [0, 0.1) is 6.92 Å². The van der Waals surface area contributed by atoms with E-state index in [9.17, 15) is 9.59 Å². The van der Waals surface area contributed by atoms with E-state index in [1.807, 2.05) is 42.6 Å². The van der Waals surface area contributed by atoms with Gasteiger partial charge in [0.25, 0.3) is 5.91 Å². The smallest absolute Gasteiger partial charge is 0.340 e. The largest absolute Gasteiger partial charge is 0.497 e. The maximum atomic E-state index is 13.1. The van der Waals surface area contributed by atoms with Crippen molar-refractivity contribution >= 4 is 29.3 Å². The van der Waals surface area contributed by atoms with Gasteiger partial charge in [0.05, 0.1) is 25.4 Å². The molecule has 5 nitrogen and oxygen atoms in total. The lowest BCUT2D eigenvalue weighted by Crippen LogP contribution is -2.27. The number of aryl methyl sites for hydroxylation is 1. The fourth-order valence-corrected chi connectivity index (χ4v) is 4.05. The number of esters is 1. The Morgan fingerprint density at radius 3 is 2.43 bits per heavy atom. The molecule has 1 aromatic carbocycles. The first-order chi connectivity index (χ1) is 13.5. The SMILES string of the molecule is COC(=O)C1=C(C)N(CCc2ccc(OC)cc2)C(=O)/C1=C\c1sccc1C. The second kappa shape index (κ2) is 8.44. The van der Waals surface area contributed by atoms with Crippen molar-refractivity contribution in [1.29, 1.82) is 0 Å². The maximum absolute atomic E-state index is 13.1. The van der Waals surface area contributed by atoms with Gasteiger partial charge in [-0.15, -0.1) is 11.3 Å². The van der Waals surface area contributed by atoms with Gasteiger partial charge in [0, 0.05) is 17.1 Å². The highest BCUT2D eigenvalue weighted by Crippen LogP contribution is 2.33. The number of hydrogen-bond acceptors (Lipinski definition) is 5. The molecule has 0 spiro atoms. The van der Waals surface area contributed by atoms with Gasteiger partial charge in [-0.3, -0.25) is 4.79 Å². The first kappa shape index (κ1) is 19.9. The third-order valence-corrected chi connectivity index (χ3v) is 5.83. The van der Waals surface area contributed by atoms with Crippen LogP contribution >= 0.6 is 11.3 Å². The number of carbonyl (C=O) groups is 2. The topological polar surface area (TPSA) is 55.8 Å². The summed E-state index contributed by atoms with van der Waals surface area (Å²) >= 11 is 1.54. The van der Waals surface area contributed by atoms with E-state index in [4.69, 9.17) is 9.47 Å². The Bertz CT molecular complexity index is 953. The first-order valence-corrected chi connectivity index (χ1v) is 9.84. The number of benzene rings is 1. The Balaban J connectivity index is 1.88. The third kappa shape index (κ3) is 3.87. The summed E-state index contributed by atoms with van der Waals surface area (Å²) in [5, 5.41) is 1.97. The lowest BCUT2D eigenvalue weighted by atomic mass is 10.1. The number of rotatable bonds is 6. The maximum Gasteiger partial charge on any atom is 0.340 e. The molecule has 146 valence electrons. The van der Waals surface area contributed by atoms with Crippen molar-refractivity contribution in [3.63, 3.8) is 0 Å². The quantitative estimate of drug-likeness (QED) is 0.547. The molecule has 0 bridgehead atoms. The van der Waals surface area contributed by atoms with E-state index in [0.29, 0.717) is 29.8 Å². The van der Waals surface area contributed by atoms with E-state index in [0.717, 1.165) is 21.8 Å². The Morgan fingerprint density at radius 1 is 1.14 bits per heavy atom. The molecule has 2 aromatic rings. The zero-order valence-electron chi connectivity index (χ0n) is 16.4. The van der Waals surface area contributed by atoms with Gasteiger partial charge in [-0.25, -0.2) is 4.79 Å². The van der Waals surface area contributed by atoms with Gasteiger partial charge < -0.3 is 14.4 Å². The molecule has 1 aromatic heterocycles. The number of allylic oxidation sites excluding steroid dienone is 1. The number of ether oxygens (including phenoxy) is 2. The van der Waals surface area contributed by atoms with Crippen LogP contribution in [0.15, 0.2) is 52.6 Å². The van der Waals surface area contributed by atoms with Crippen molar-refractivity contribution in [3.8, 4) is 5.75 Å². The highest BCUT2D eigenvalue weighted by molar-refractivity contribution is 7.11. The number of thiophene rings is 1. The van der Waals surface area contributed by atoms with Crippen molar-refractivity contribution in [1.82, 2.24) is 4.90 Å². The molecule has 28 heavy (non-hydrogen) atoms. The third-order valence-electron chi connectivity index (χ3n) is 4.86. The molecule has 0 saturated heterocycles. The molecule has 0 fully saturated rings. The van der Waals surface area contributed by atoms with E-state index in [1.165, 1.54) is 7.11 Å². The number of methoxy groups -OCH3 is 2. The van der Waals surface area contributed by atoms with Crippen LogP contribution in [0.3, 0.4) is 0 Å². The Morgan fingerprint density at radius 2 is 1.86 bits per heavy atom. The standard InChI is InChI=1S/C22H23NO4S/c1-14-10-12-28-19(14)13-18-20(22(25)27-4)15(2)23(21(18)24)11-9-16-5-7-17(26-3)8-6-16/h5-8,10,12-13H,9,11H2,1-4H3/b18-13-. The number of hydrogen-bond donors (Lipinski definition) is 0. The number of nitrogens with zero attached hydrogens (tertiary/aromatic N) is 1. The second-order valence-electron chi connectivity index (χ2n) is 6.53. The van der Waals surface area contributed by atoms with Crippen molar-refractivity contribution < 1.29 is 19.1 Å². The van der Waals surface area contributed by atoms with Gasteiger partial charge in [-0.2, -0.15) is 0 Å². The molecular formula is C22H23NO4S. The van der Waals surface area contributed by atoms with Crippen LogP contribution in [0.1, 0.15) is 22.9 Å². The minimum absolute atomic E-state index is 0.167. The zero-order valence-corrected chi connectivity index (χ0v) is 17.3. The van der Waals surface area contributed by atoms with Crippen molar-refractivity contribution in [2.75, 3.05) is 20.8 Å². The zero-order chi connectivity index (χ0) is 20.3. The molecule has 2 heterocycles. The van der Waals surface area contributed by atoms with Crippen LogP contribution in [0.25, 0.3) is 6.08 Å². The summed E-state index contributed by atoms with van der Waals surface area (Å²) in [4.78, 5) is 28.1. The van der Waals surface area contributed by atoms with Crippen molar-refractivity contribution in [3.05, 3.63) is 68.6 Å². The normalized spacial score (nSPS) is 15.5. The molecule has 0 unspecified atom stereocenters. The van der Waals surface area contributed by atoms with E-state index in [1.54, 1.807) is 36.3 Å². The summed E-state index contributed by atoms with van der Waals surface area (Å²) in [5.41, 5.74) is 3.53. The minimum Gasteiger partial charge on any atom is -0.497 e. The molecule has 0 N–H and O–H groups in total. The Hall–Kier alpha value is -2.86. The van der Waals surface area contributed by atoms with E-state index < -0.39 is 5.97 Å². The average Bonchev–Trinajstić information content (AvgIpc) is 3.21.